The van der Waals surface area contributed by atoms with Crippen LogP contribution in [0, 0.1) is 11.1 Å². The first-order valence-electron chi connectivity index (χ1n) is 33.3. The van der Waals surface area contributed by atoms with E-state index < -0.39 is 83.9 Å². The smallest absolute Gasteiger partial charge is 0.217 e. The van der Waals surface area contributed by atoms with E-state index in [1.807, 2.05) is 0 Å². The van der Waals surface area contributed by atoms with Crippen molar-refractivity contribution in [1.29, 1.82) is 11.1 Å². The number of rotatable bonds is 59. The summed E-state index contributed by atoms with van der Waals surface area (Å²) in [6.45, 7) is 9.35. The van der Waals surface area contributed by atoms with Crippen LogP contribution < -0.4 is 21.7 Å². The molecule has 7 rings (SSSR count). The van der Waals surface area contributed by atoms with Gasteiger partial charge in [-0.3, -0.25) is 4.79 Å². The van der Waals surface area contributed by atoms with Gasteiger partial charge in [0.25, 0.3) is 0 Å². The molecule has 1 aromatic rings. The predicted octanol–water partition coefficient (Wildman–Crippen LogP) is -4.53. The standard InChI is InChI=1S/C60H105N11O28/c1-43(72)66-51-52(75)55(78)60(42-96-56(51)99-60)39-90-25-22-87-19-16-84-13-10-81-7-4-71-30-46(69-70-71)33-93-36-57(61,34-91-31-44(67-62)28-64-2-5-79-8-11-82-14-17-85-20-23-88-37-58-40-94-49(97-58)26-47(73)53(58)76)35-92-32-45(68-63)29-65-3-6-80-9-12-83-15-18-86-21-24-89-38-59-41-95-50(98-59)27-48(74)54(59)77/h28-30,47-56,62-65,73-78H,2-27,31-42,61H2,1H3,(H,66,72)/b44-28-,45-29-,67-62?,68-63?/t47-,48-,49+,50+,51-,52-,53-,54-,55-,56+,57?,58+,59+,60+/m1/s1. The van der Waals surface area contributed by atoms with E-state index in [2.05, 4.69) is 36.5 Å². The molecule has 0 aromatic carbocycles. The number of hydrogen-bond acceptors (Lipinski definition) is 37. The van der Waals surface area contributed by atoms with Crippen molar-refractivity contribution >= 4 is 5.91 Å². The summed E-state index contributed by atoms with van der Waals surface area (Å²) in [5, 5.41) is 86.3. The first-order chi connectivity index (χ1) is 48.1. The molecule has 1 amide bonds. The molecule has 6 aliphatic rings. The van der Waals surface area contributed by atoms with Gasteiger partial charge in [0.05, 0.1) is 249 Å². The summed E-state index contributed by atoms with van der Waals surface area (Å²) in [5.41, 5.74) is 18.8. The summed E-state index contributed by atoms with van der Waals surface area (Å²) < 4.78 is 121. The van der Waals surface area contributed by atoms with Gasteiger partial charge in [-0.1, -0.05) is 5.21 Å². The molecule has 6 saturated heterocycles. The van der Waals surface area contributed by atoms with Gasteiger partial charge in [-0.15, -0.1) is 5.10 Å². The predicted molar refractivity (Wildman–Crippen MR) is 334 cm³/mol. The number of aromatic nitrogens is 3. The molecule has 6 aliphatic heterocycles. The van der Waals surface area contributed by atoms with Gasteiger partial charge in [0.2, 0.25) is 5.91 Å². The van der Waals surface area contributed by atoms with Crippen molar-refractivity contribution in [3.8, 4) is 0 Å². The minimum absolute atomic E-state index is 0.00102. The van der Waals surface area contributed by atoms with Crippen LogP contribution in [0.15, 0.2) is 40.2 Å². The van der Waals surface area contributed by atoms with Crippen LogP contribution in [-0.2, 0) is 117 Å². The average molecular weight is 1430 g/mol. The van der Waals surface area contributed by atoms with E-state index in [1.165, 1.54) is 6.92 Å². The Hall–Kier alpha value is -4.23. The molecular weight excluding hydrogens is 1320 g/mol. The van der Waals surface area contributed by atoms with E-state index in [1.54, 1.807) is 23.3 Å². The van der Waals surface area contributed by atoms with Crippen LogP contribution in [0.4, 0.5) is 0 Å². The first-order valence-corrected chi connectivity index (χ1v) is 33.3. The number of aliphatic hydroxyl groups is 6. The Balaban J connectivity index is 0.716. The van der Waals surface area contributed by atoms with Gasteiger partial charge in [-0.25, -0.2) is 15.7 Å². The maximum Gasteiger partial charge on any atom is 0.217 e. The quantitative estimate of drug-likeness (QED) is 0.0216. The molecule has 13 N–H and O–H groups in total. The zero-order valence-corrected chi connectivity index (χ0v) is 56.4. The van der Waals surface area contributed by atoms with Crippen LogP contribution >= 0.6 is 0 Å². The summed E-state index contributed by atoms with van der Waals surface area (Å²) in [4.78, 5) is 11.5. The Labute approximate surface area is 574 Å². The second-order valence-electron chi connectivity index (χ2n) is 24.3. The maximum atomic E-state index is 11.5. The van der Waals surface area contributed by atoms with Gasteiger partial charge in [-0.2, -0.15) is 10.2 Å². The molecule has 0 spiro atoms. The van der Waals surface area contributed by atoms with E-state index in [0.29, 0.717) is 138 Å². The molecule has 39 heteroatoms. The fourth-order valence-corrected chi connectivity index (χ4v) is 10.9. The molecule has 13 atom stereocenters. The van der Waals surface area contributed by atoms with Crippen molar-refractivity contribution in [1.82, 2.24) is 30.9 Å². The molecule has 568 valence electrons. The SMILES string of the molecule is CC(=O)N[C@H]1[C@H]2OC[C@](COCCOCCOCCOCCn3cc(COCC(N)(COC/C(=C/NCCOCCOCCOCCOC[C@]45CO[C@H](C[C@@H](O)[C@H]4O)O5)N=N)COC/C(=C/NCCOCCOCCOCCOC[C@]45CO[C@H](C[C@@H](O)[C@H]4O)O5)N=N)nn3)(O2)[C@H](O)[C@@H]1O. The number of ether oxygens (including phenoxy) is 21. The summed E-state index contributed by atoms with van der Waals surface area (Å²) >= 11 is 0. The lowest BCUT2D eigenvalue weighted by atomic mass is 9.88. The van der Waals surface area contributed by atoms with Gasteiger partial charge in [0.15, 0.2) is 18.9 Å². The number of aliphatic hydroxyl groups excluding tert-OH is 6. The molecule has 1 aromatic heterocycles. The third-order valence-electron chi connectivity index (χ3n) is 16.1. The van der Waals surface area contributed by atoms with Gasteiger partial charge in [0, 0.05) is 45.3 Å². The van der Waals surface area contributed by atoms with Gasteiger partial charge < -0.3 is 152 Å². The highest BCUT2D eigenvalue weighted by Gasteiger charge is 2.60. The summed E-state index contributed by atoms with van der Waals surface area (Å²) in [5.74, 6) is -0.383. The molecule has 0 radical (unpaired) electrons. The zero-order chi connectivity index (χ0) is 70.5. The van der Waals surface area contributed by atoms with E-state index in [9.17, 15) is 35.4 Å². The Kier molecular flexibility index (Phi) is 37.4. The number of nitrogens with zero attached hydrogens (tertiary/aromatic N) is 5. The fourth-order valence-electron chi connectivity index (χ4n) is 10.9. The molecule has 39 nitrogen and oxygen atoms in total. The zero-order valence-electron chi connectivity index (χ0n) is 56.4. The van der Waals surface area contributed by atoms with Crippen molar-refractivity contribution in [3.05, 3.63) is 35.7 Å². The van der Waals surface area contributed by atoms with Crippen molar-refractivity contribution in [2.24, 2.45) is 16.0 Å². The van der Waals surface area contributed by atoms with E-state index in [-0.39, 0.29) is 136 Å². The van der Waals surface area contributed by atoms with Gasteiger partial charge in [0.1, 0.15) is 64.3 Å². The largest absolute Gasteiger partial charge is 0.390 e. The van der Waals surface area contributed by atoms with E-state index in [0.717, 1.165) is 0 Å². The van der Waals surface area contributed by atoms with Crippen LogP contribution in [0.5, 0.6) is 0 Å². The number of nitrogens with two attached hydrogens (primary N) is 1. The monoisotopic (exact) mass is 1430 g/mol. The molecule has 99 heavy (non-hydrogen) atoms. The van der Waals surface area contributed by atoms with Crippen LogP contribution in [0.25, 0.3) is 0 Å². The van der Waals surface area contributed by atoms with Crippen molar-refractivity contribution < 1.29 is 135 Å². The Morgan fingerprint density at radius 2 is 0.960 bits per heavy atom. The Bertz CT molecular complexity index is 2400. The second kappa shape index (κ2) is 45.1. The van der Waals surface area contributed by atoms with Crippen molar-refractivity contribution in [2.75, 3.05) is 225 Å². The molecule has 6 bridgehead atoms. The second-order valence-corrected chi connectivity index (χ2v) is 24.3. The Morgan fingerprint density at radius 1 is 0.566 bits per heavy atom. The molecule has 6 fully saturated rings. The normalized spacial score (nSPS) is 28.7. The third-order valence-corrected chi connectivity index (χ3v) is 16.1. The van der Waals surface area contributed by atoms with Crippen LogP contribution in [0.1, 0.15) is 25.5 Å². The Morgan fingerprint density at radius 3 is 1.39 bits per heavy atom. The summed E-state index contributed by atoms with van der Waals surface area (Å²) in [6.07, 6.45) is -3.37. The number of hydrogen-bond donors (Lipinski definition) is 12. The first kappa shape index (κ1) is 82.1. The summed E-state index contributed by atoms with van der Waals surface area (Å²) in [6, 6.07) is -0.894. The lowest BCUT2D eigenvalue weighted by Crippen LogP contribution is -2.66. The molecular formula is C60H105N11O28. The number of nitrogens with one attached hydrogen (secondary N) is 5. The highest BCUT2D eigenvalue weighted by molar-refractivity contribution is 5.73. The topological polar surface area (TPSA) is 498 Å². The van der Waals surface area contributed by atoms with Crippen molar-refractivity contribution in [3.63, 3.8) is 0 Å². The number of carbonyl (C=O) groups excluding carboxylic acids is 1. The fraction of sp³-hybridized carbons (Fsp3) is 0.883. The molecule has 0 saturated carbocycles. The third kappa shape index (κ3) is 28.1. The lowest BCUT2D eigenvalue weighted by molar-refractivity contribution is -0.238. The van der Waals surface area contributed by atoms with Crippen LogP contribution in [0.3, 0.4) is 0 Å². The highest BCUT2D eigenvalue weighted by atomic mass is 16.8. The minimum Gasteiger partial charge on any atom is -0.390 e. The molecule has 0 unspecified atom stereocenters. The van der Waals surface area contributed by atoms with Crippen molar-refractivity contribution in [2.45, 2.75) is 117 Å². The van der Waals surface area contributed by atoms with Crippen LogP contribution in [0.2, 0.25) is 0 Å². The van der Waals surface area contributed by atoms with E-state index in [4.69, 9.17) is 116 Å². The highest BCUT2D eigenvalue weighted by Crippen LogP contribution is 2.39. The van der Waals surface area contributed by atoms with Crippen LogP contribution in [-0.4, -0.2) is 360 Å². The maximum absolute atomic E-state index is 11.5. The summed E-state index contributed by atoms with van der Waals surface area (Å²) in [7, 11) is 0. The number of amides is 1. The average Bonchev–Trinajstić information content (AvgIpc) is 1.64. The number of fused-ring (bicyclic) bond motifs is 6. The van der Waals surface area contributed by atoms with E-state index >= 15 is 0 Å². The molecule has 7 heterocycles. The van der Waals surface area contributed by atoms with Gasteiger partial charge >= 0.3 is 0 Å². The lowest BCUT2D eigenvalue weighted by Gasteiger charge is -2.42. The minimum atomic E-state index is -1.33. The number of carbonyl (C=O) groups is 1. The molecule has 0 aliphatic carbocycles. The van der Waals surface area contributed by atoms with Gasteiger partial charge in [-0.05, 0) is 0 Å².